The van der Waals surface area contributed by atoms with Crippen molar-refractivity contribution in [1.82, 2.24) is 4.98 Å². The van der Waals surface area contributed by atoms with E-state index in [1.165, 1.54) is 0 Å². The summed E-state index contributed by atoms with van der Waals surface area (Å²) in [5.41, 5.74) is 0.0360. The van der Waals surface area contributed by atoms with Crippen LogP contribution in [0, 0.1) is 17.2 Å². The van der Waals surface area contributed by atoms with Crippen LogP contribution in [0.15, 0.2) is 10.6 Å². The van der Waals surface area contributed by atoms with E-state index in [4.69, 9.17) is 23.1 Å². The highest BCUT2D eigenvalue weighted by Crippen LogP contribution is 2.20. The summed E-state index contributed by atoms with van der Waals surface area (Å²) in [7, 11) is -4.69. The van der Waals surface area contributed by atoms with Crippen LogP contribution in [0.25, 0.3) is 0 Å². The maximum Gasteiger partial charge on any atom is 0.199 e. The minimum atomic E-state index is -4.69. The molecule has 0 saturated heterocycles. The molecular weight excluding hydrogens is 226 g/mol. The second kappa shape index (κ2) is 4.91. The summed E-state index contributed by atoms with van der Waals surface area (Å²) in [5, 5.41) is 0. The van der Waals surface area contributed by atoms with Crippen molar-refractivity contribution in [2.24, 2.45) is 0 Å². The average Bonchev–Trinajstić information content (AvgIpc) is 2.29. The highest BCUT2D eigenvalue weighted by atomic mass is 35.7. The zero-order valence-electron chi connectivity index (χ0n) is 8.98. The summed E-state index contributed by atoms with van der Waals surface area (Å²) in [5.74, 6) is 1.69. The Bertz CT molecular complexity index is 293. The Hall–Kier alpha value is -0.660. The maximum absolute atomic E-state index is 8.60. The highest BCUT2D eigenvalue weighted by Gasteiger charge is 2.18. The van der Waals surface area contributed by atoms with Crippen LogP contribution in [0.1, 0.15) is 32.4 Å². The third kappa shape index (κ3) is 8.34. The Labute approximate surface area is 89.9 Å². The van der Waals surface area contributed by atoms with Crippen LogP contribution in [0.2, 0.25) is 0 Å². The van der Waals surface area contributed by atoms with Crippen LogP contribution in [-0.2, 0) is 5.41 Å². The Morgan fingerprint density at radius 2 is 1.73 bits per heavy atom. The van der Waals surface area contributed by atoms with Crippen molar-refractivity contribution >= 4 is 0 Å². The molecule has 1 aromatic heterocycles. The minimum Gasteiger partial charge on any atom is -0.445 e. The molecule has 0 spiro atoms. The smallest absolute Gasteiger partial charge is 0.199 e. The molecule has 0 amide bonds. The van der Waals surface area contributed by atoms with Gasteiger partial charge in [-0.2, -0.15) is 14.0 Å². The molecule has 0 fully saturated rings. The van der Waals surface area contributed by atoms with Crippen LogP contribution < -0.4 is 14.0 Å². The van der Waals surface area contributed by atoms with Crippen LogP contribution in [0.4, 0.5) is 0 Å². The van der Waals surface area contributed by atoms with E-state index in [1.807, 2.05) is 6.92 Å². The standard InChI is InChI=1S/C8H13NO.ClHO4/c1-6-5-9-7(10-6)8(2,3)4;2-1(3,4)5/h5H,1-4H3;(H,2,3,4,5). The molecule has 1 N–H and O–H groups in total. The van der Waals surface area contributed by atoms with Gasteiger partial charge in [0.2, 0.25) is 0 Å². The first kappa shape index (κ1) is 14.3. The van der Waals surface area contributed by atoms with Gasteiger partial charge in [-0.3, -0.25) is 0 Å². The average molecular weight is 240 g/mol. The normalized spacial score (nSPS) is 12.0. The minimum absolute atomic E-state index is 0.0360. The molecule has 1 aromatic rings. The molecule has 15 heavy (non-hydrogen) atoms. The van der Waals surface area contributed by atoms with Crippen molar-refractivity contribution in [3.63, 3.8) is 0 Å². The van der Waals surface area contributed by atoms with Crippen LogP contribution in [0.5, 0.6) is 0 Å². The Balaban J connectivity index is 0.000000336. The molecular formula is C8H14ClNO5. The number of oxazole rings is 1. The van der Waals surface area contributed by atoms with E-state index in [2.05, 4.69) is 25.8 Å². The molecule has 0 bridgehead atoms. The number of rotatable bonds is 0. The monoisotopic (exact) mass is 239 g/mol. The van der Waals surface area contributed by atoms with Crippen molar-refractivity contribution in [1.29, 1.82) is 0 Å². The predicted molar refractivity (Wildman–Crippen MR) is 42.2 cm³/mol. The number of hydrogen-bond donors (Lipinski definition) is 1. The van der Waals surface area contributed by atoms with Gasteiger partial charge in [0.25, 0.3) is 0 Å². The largest absolute Gasteiger partial charge is 0.445 e. The first-order valence-corrected chi connectivity index (χ1v) is 5.32. The molecule has 1 heterocycles. The van der Waals surface area contributed by atoms with E-state index in [0.717, 1.165) is 11.7 Å². The number of aromatic nitrogens is 1. The summed E-state index contributed by atoms with van der Waals surface area (Å²) >= 11 is 0. The molecule has 0 saturated carbocycles. The molecule has 0 radical (unpaired) electrons. The summed E-state index contributed by atoms with van der Waals surface area (Å²) in [6.07, 6.45) is 1.75. The second-order valence-corrected chi connectivity index (χ2v) is 4.71. The van der Waals surface area contributed by atoms with Crippen molar-refractivity contribution in [2.45, 2.75) is 33.1 Å². The summed E-state index contributed by atoms with van der Waals surface area (Å²) in [6.45, 7) is 8.15. The lowest BCUT2D eigenvalue weighted by Crippen LogP contribution is -2.58. The van der Waals surface area contributed by atoms with E-state index in [9.17, 15) is 0 Å². The second-order valence-electron chi connectivity index (χ2n) is 3.92. The molecule has 1 rings (SSSR count). The number of hydrogen-bond acceptors (Lipinski definition) is 6. The van der Waals surface area contributed by atoms with E-state index >= 15 is 0 Å². The number of nitrogens with zero attached hydrogens (tertiary/aromatic N) is 1. The van der Waals surface area contributed by atoms with Gasteiger partial charge in [0.15, 0.2) is 5.89 Å². The Kier molecular flexibility index (Phi) is 4.69. The molecule has 0 aliphatic rings. The molecule has 0 aromatic carbocycles. The maximum atomic E-state index is 8.60. The van der Waals surface area contributed by atoms with Crippen LogP contribution in [-0.4, -0.2) is 9.64 Å². The Morgan fingerprint density at radius 1 is 1.33 bits per heavy atom. The van der Waals surface area contributed by atoms with Gasteiger partial charge in [0.1, 0.15) is 5.76 Å². The summed E-state index contributed by atoms with van der Waals surface area (Å²) in [6, 6.07) is 0. The first-order chi connectivity index (χ1) is 6.50. The van der Waals surface area contributed by atoms with Crippen molar-refractivity contribution in [2.75, 3.05) is 0 Å². The lowest BCUT2D eigenvalue weighted by molar-refractivity contribution is -1.92. The van der Waals surface area contributed by atoms with E-state index in [0.29, 0.717) is 0 Å². The topological polar surface area (TPSA) is 115 Å². The lowest BCUT2D eigenvalue weighted by Gasteiger charge is -2.11. The molecule has 7 heteroatoms. The quantitative estimate of drug-likeness (QED) is 0.569. The molecule has 6 nitrogen and oxygen atoms in total. The predicted octanol–water partition coefficient (Wildman–Crippen LogP) is -1.84. The van der Waals surface area contributed by atoms with Crippen molar-refractivity contribution in [3.05, 3.63) is 17.8 Å². The Morgan fingerprint density at radius 3 is 1.87 bits per heavy atom. The molecule has 0 atom stereocenters. The van der Waals surface area contributed by atoms with E-state index in [1.54, 1.807) is 6.20 Å². The summed E-state index contributed by atoms with van der Waals surface area (Å²) in [4.78, 5) is 4.12. The van der Waals surface area contributed by atoms with E-state index in [-0.39, 0.29) is 5.41 Å². The lowest BCUT2D eigenvalue weighted by atomic mass is 9.97. The fourth-order valence-electron chi connectivity index (χ4n) is 0.701. The summed E-state index contributed by atoms with van der Waals surface area (Å²) < 4.78 is 38.1. The highest BCUT2D eigenvalue weighted by molar-refractivity contribution is 5.00. The van der Waals surface area contributed by atoms with Gasteiger partial charge in [-0.25, -0.2) is 4.98 Å². The van der Waals surface area contributed by atoms with Crippen LogP contribution >= 0.6 is 0 Å². The number of aryl methyl sites for hydroxylation is 1. The van der Waals surface area contributed by atoms with Crippen molar-refractivity contribution in [3.8, 4) is 0 Å². The first-order valence-electron chi connectivity index (χ1n) is 4.06. The van der Waals surface area contributed by atoms with Gasteiger partial charge in [-0.15, -0.1) is 0 Å². The fraction of sp³-hybridized carbons (Fsp3) is 0.625. The van der Waals surface area contributed by atoms with Gasteiger partial charge in [-0.1, -0.05) is 20.8 Å². The van der Waals surface area contributed by atoms with Crippen LogP contribution in [0.3, 0.4) is 0 Å². The van der Waals surface area contributed by atoms with Gasteiger partial charge in [0.05, 0.1) is 21.1 Å². The molecule has 0 unspecified atom stereocenters. The third-order valence-corrected chi connectivity index (χ3v) is 1.26. The van der Waals surface area contributed by atoms with Gasteiger partial charge in [0, 0.05) is 5.41 Å². The van der Waals surface area contributed by atoms with Crippen molar-refractivity contribution < 1.29 is 33.3 Å². The van der Waals surface area contributed by atoms with E-state index < -0.39 is 10.2 Å². The van der Waals surface area contributed by atoms with Gasteiger partial charge < -0.3 is 4.42 Å². The molecule has 0 aliphatic carbocycles. The number of halogens is 1. The SMILES string of the molecule is Cc1cnc(C(C)(C)C)o1.[O-][Cl+3]([O-])([O-])O. The zero-order valence-corrected chi connectivity index (χ0v) is 9.74. The fourth-order valence-corrected chi connectivity index (χ4v) is 0.701. The zero-order chi connectivity index (χ0) is 12.3. The molecule has 0 aliphatic heterocycles. The third-order valence-electron chi connectivity index (χ3n) is 1.26. The van der Waals surface area contributed by atoms with Gasteiger partial charge in [-0.05, 0) is 6.92 Å². The molecule has 88 valence electrons. The van der Waals surface area contributed by atoms with Gasteiger partial charge >= 0.3 is 0 Å².